The molecule has 1 atom stereocenters. The highest BCUT2D eigenvalue weighted by Gasteiger charge is 2.32. The van der Waals surface area contributed by atoms with Gasteiger partial charge in [-0.15, -0.1) is 11.8 Å². The molecule has 200 valence electrons. The maximum atomic E-state index is 12.8. The highest BCUT2D eigenvalue weighted by atomic mass is 32.2. The molecule has 2 N–H and O–H groups in total. The largest absolute Gasteiger partial charge is 0.322 e. The van der Waals surface area contributed by atoms with Crippen LogP contribution in [0.3, 0.4) is 0 Å². The molecule has 0 unspecified atom stereocenters. The predicted molar refractivity (Wildman–Crippen MR) is 159 cm³/mol. The molecule has 3 amide bonds. The normalized spacial score (nSPS) is 15.1. The average molecular weight is 549 g/mol. The monoisotopic (exact) mass is 548 g/mol. The number of carbonyl (C=O) groups excluding carboxylic acids is 3. The topological polar surface area (TPSA) is 90.9 Å². The molecule has 5 rings (SSSR count). The van der Waals surface area contributed by atoms with Gasteiger partial charge in [0.25, 0.3) is 11.8 Å². The van der Waals surface area contributed by atoms with E-state index in [-0.39, 0.29) is 23.1 Å². The Labute approximate surface area is 237 Å². The van der Waals surface area contributed by atoms with Gasteiger partial charge in [-0.1, -0.05) is 72.8 Å². The van der Waals surface area contributed by atoms with Crippen molar-refractivity contribution in [2.75, 3.05) is 11.1 Å². The fourth-order valence-corrected chi connectivity index (χ4v) is 5.55. The summed E-state index contributed by atoms with van der Waals surface area (Å²) in [5.74, 6) is 0.00257. The van der Waals surface area contributed by atoms with E-state index in [0.29, 0.717) is 34.8 Å². The zero-order valence-corrected chi connectivity index (χ0v) is 22.7. The fourth-order valence-electron chi connectivity index (χ4n) is 4.36. The standard InChI is InChI=1S/C32H28N4O3S/c1-22(27-13-8-14-28(19-27)33-30(38)24-11-6-3-7-12-24)34-35-31(39)25-15-17-26(18-16-25)32-36(29(37)21-40-32)20-23-9-4-2-5-10-23/h2-19,32H,20-21H2,1H3,(H,33,38)(H,35,39)/b34-22-/t32-/m1/s1. The van der Waals surface area contributed by atoms with Crippen molar-refractivity contribution < 1.29 is 14.4 Å². The Morgan fingerprint density at radius 3 is 2.20 bits per heavy atom. The fraction of sp³-hybridized carbons (Fsp3) is 0.125. The highest BCUT2D eigenvalue weighted by Crippen LogP contribution is 2.39. The molecule has 7 nitrogen and oxygen atoms in total. The minimum absolute atomic E-state index is 0.0975. The molecule has 0 saturated carbocycles. The number of rotatable bonds is 8. The number of nitrogens with one attached hydrogen (secondary N) is 2. The highest BCUT2D eigenvalue weighted by molar-refractivity contribution is 8.00. The third-order valence-corrected chi connectivity index (χ3v) is 7.78. The Hall–Kier alpha value is -4.69. The first-order chi connectivity index (χ1) is 19.5. The van der Waals surface area contributed by atoms with Crippen molar-refractivity contribution in [1.82, 2.24) is 10.3 Å². The van der Waals surface area contributed by atoms with E-state index in [1.165, 1.54) is 0 Å². The van der Waals surface area contributed by atoms with Gasteiger partial charge in [0.15, 0.2) is 0 Å². The maximum absolute atomic E-state index is 12.8. The van der Waals surface area contributed by atoms with Crippen LogP contribution in [0.5, 0.6) is 0 Å². The zero-order valence-electron chi connectivity index (χ0n) is 21.9. The zero-order chi connectivity index (χ0) is 27.9. The SMILES string of the molecule is C/C(=N/NC(=O)c1ccc([C@H]2SCC(=O)N2Cc2ccccc2)cc1)c1cccc(NC(=O)c2ccccc2)c1. The molecular formula is C32H28N4O3S. The number of nitrogens with zero attached hydrogens (tertiary/aromatic N) is 2. The molecule has 40 heavy (non-hydrogen) atoms. The molecular weight excluding hydrogens is 520 g/mol. The minimum atomic E-state index is -0.337. The molecule has 1 aliphatic heterocycles. The van der Waals surface area contributed by atoms with Gasteiger partial charge >= 0.3 is 0 Å². The van der Waals surface area contributed by atoms with Crippen LogP contribution >= 0.6 is 11.8 Å². The van der Waals surface area contributed by atoms with Crippen molar-refractivity contribution in [1.29, 1.82) is 0 Å². The van der Waals surface area contributed by atoms with Crippen molar-refractivity contribution in [2.24, 2.45) is 5.10 Å². The van der Waals surface area contributed by atoms with Crippen molar-refractivity contribution in [2.45, 2.75) is 18.8 Å². The Balaban J connectivity index is 1.21. The number of hydrogen-bond acceptors (Lipinski definition) is 5. The molecule has 1 heterocycles. The minimum Gasteiger partial charge on any atom is -0.322 e. The average Bonchev–Trinajstić information content (AvgIpc) is 3.36. The molecule has 0 radical (unpaired) electrons. The van der Waals surface area contributed by atoms with Crippen LogP contribution in [0.1, 0.15) is 49.7 Å². The molecule has 0 aromatic heterocycles. The molecule has 0 aliphatic carbocycles. The summed E-state index contributed by atoms with van der Waals surface area (Å²) in [5, 5.41) is 7.05. The van der Waals surface area contributed by atoms with Gasteiger partial charge in [-0.25, -0.2) is 5.43 Å². The first-order valence-electron chi connectivity index (χ1n) is 12.8. The third-order valence-electron chi connectivity index (χ3n) is 6.52. The van der Waals surface area contributed by atoms with E-state index < -0.39 is 0 Å². The number of amides is 3. The molecule has 0 spiro atoms. The summed E-state index contributed by atoms with van der Waals surface area (Å²) in [7, 11) is 0. The van der Waals surface area contributed by atoms with Gasteiger partial charge in [-0.2, -0.15) is 5.10 Å². The first kappa shape index (κ1) is 26.9. The van der Waals surface area contributed by atoms with E-state index in [0.717, 1.165) is 16.7 Å². The second-order valence-electron chi connectivity index (χ2n) is 9.33. The van der Waals surface area contributed by atoms with Crippen LogP contribution in [0.2, 0.25) is 0 Å². The summed E-state index contributed by atoms with van der Waals surface area (Å²) in [4.78, 5) is 39.7. The molecule has 1 saturated heterocycles. The number of thioether (sulfide) groups is 1. The quantitative estimate of drug-likeness (QED) is 0.213. The van der Waals surface area contributed by atoms with E-state index in [4.69, 9.17) is 0 Å². The summed E-state index contributed by atoms with van der Waals surface area (Å²) in [6, 6.07) is 33.5. The maximum Gasteiger partial charge on any atom is 0.271 e. The van der Waals surface area contributed by atoms with Gasteiger partial charge in [0.1, 0.15) is 5.37 Å². The number of anilines is 1. The molecule has 1 aliphatic rings. The van der Waals surface area contributed by atoms with Crippen LogP contribution in [0.25, 0.3) is 0 Å². The molecule has 4 aromatic rings. The number of hydrogen-bond donors (Lipinski definition) is 2. The summed E-state index contributed by atoms with van der Waals surface area (Å²) in [5.41, 5.74) is 7.69. The van der Waals surface area contributed by atoms with Gasteiger partial charge in [0.2, 0.25) is 5.91 Å². The first-order valence-corrected chi connectivity index (χ1v) is 13.9. The smallest absolute Gasteiger partial charge is 0.271 e. The van der Waals surface area contributed by atoms with Gasteiger partial charge in [0, 0.05) is 23.4 Å². The van der Waals surface area contributed by atoms with Gasteiger partial charge in [0.05, 0.1) is 11.5 Å². The molecule has 4 aromatic carbocycles. The second kappa shape index (κ2) is 12.4. The van der Waals surface area contributed by atoms with Gasteiger partial charge in [-0.3, -0.25) is 14.4 Å². The van der Waals surface area contributed by atoms with Gasteiger partial charge in [-0.05, 0) is 60.0 Å². The van der Waals surface area contributed by atoms with Crippen LogP contribution in [-0.4, -0.2) is 34.1 Å². The molecule has 1 fully saturated rings. The van der Waals surface area contributed by atoms with Crippen molar-refractivity contribution in [3.8, 4) is 0 Å². The van der Waals surface area contributed by atoms with E-state index in [9.17, 15) is 14.4 Å². The lowest BCUT2D eigenvalue weighted by Crippen LogP contribution is -2.27. The van der Waals surface area contributed by atoms with Crippen LogP contribution in [0, 0.1) is 0 Å². The van der Waals surface area contributed by atoms with E-state index >= 15 is 0 Å². The van der Waals surface area contributed by atoms with Crippen molar-refractivity contribution in [3.05, 3.63) is 137 Å². The lowest BCUT2D eigenvalue weighted by Gasteiger charge is -2.24. The molecule has 0 bridgehead atoms. The third kappa shape index (κ3) is 6.47. The summed E-state index contributed by atoms with van der Waals surface area (Å²) < 4.78 is 0. The van der Waals surface area contributed by atoms with Gasteiger partial charge < -0.3 is 10.2 Å². The Morgan fingerprint density at radius 1 is 0.825 bits per heavy atom. The van der Waals surface area contributed by atoms with Crippen molar-refractivity contribution >= 4 is 40.9 Å². The van der Waals surface area contributed by atoms with E-state index in [1.54, 1.807) is 49.0 Å². The number of hydrazone groups is 1. The van der Waals surface area contributed by atoms with Crippen LogP contribution in [0.15, 0.2) is 114 Å². The van der Waals surface area contributed by atoms with E-state index in [2.05, 4.69) is 15.8 Å². The molecule has 8 heteroatoms. The van der Waals surface area contributed by atoms with E-state index in [1.807, 2.05) is 83.8 Å². The Morgan fingerprint density at radius 2 is 1.48 bits per heavy atom. The number of benzene rings is 4. The van der Waals surface area contributed by atoms with Crippen LogP contribution in [0.4, 0.5) is 5.69 Å². The summed E-state index contributed by atoms with van der Waals surface area (Å²) >= 11 is 1.59. The predicted octanol–water partition coefficient (Wildman–Crippen LogP) is 5.87. The lowest BCUT2D eigenvalue weighted by molar-refractivity contribution is -0.128. The summed E-state index contributed by atoms with van der Waals surface area (Å²) in [6.07, 6.45) is 0. The number of carbonyl (C=O) groups is 3. The van der Waals surface area contributed by atoms with Crippen molar-refractivity contribution in [3.63, 3.8) is 0 Å². The lowest BCUT2D eigenvalue weighted by atomic mass is 10.1. The Bertz CT molecular complexity index is 1540. The second-order valence-corrected chi connectivity index (χ2v) is 10.4. The van der Waals surface area contributed by atoms with Crippen LogP contribution < -0.4 is 10.7 Å². The Kier molecular flexibility index (Phi) is 8.37. The summed E-state index contributed by atoms with van der Waals surface area (Å²) in [6.45, 7) is 2.34. The van der Waals surface area contributed by atoms with Crippen LogP contribution in [-0.2, 0) is 11.3 Å².